The fourth-order valence-corrected chi connectivity index (χ4v) is 5.39. The Morgan fingerprint density at radius 3 is 2.53 bits per heavy atom. The number of rotatable bonds is 7. The Morgan fingerprint density at radius 1 is 1.12 bits per heavy atom. The van der Waals surface area contributed by atoms with E-state index in [0.717, 1.165) is 62.9 Å². The van der Waals surface area contributed by atoms with Crippen LogP contribution in [0.4, 0.5) is 0 Å². The molecule has 182 valence electrons. The van der Waals surface area contributed by atoms with Gasteiger partial charge in [-0.3, -0.25) is 9.69 Å². The highest BCUT2D eigenvalue weighted by molar-refractivity contribution is 6.30. The SMILES string of the molecule is COC(=O)c1ccc([C@H](C)NC(=O)C2(N3CC[C@@H](Oc4cccc(Cl)c4)C3)CCCCC2)cc1. The van der Waals surface area contributed by atoms with Crippen LogP contribution in [0.2, 0.25) is 5.02 Å². The summed E-state index contributed by atoms with van der Waals surface area (Å²) in [7, 11) is 1.37. The second kappa shape index (κ2) is 10.8. The Balaban J connectivity index is 1.44. The number of nitrogens with zero attached hydrogens (tertiary/aromatic N) is 1. The Hall–Kier alpha value is -2.57. The lowest BCUT2D eigenvalue weighted by Gasteiger charge is -2.43. The number of amides is 1. The maximum atomic E-state index is 13.7. The third kappa shape index (κ3) is 5.39. The normalized spacial score (nSPS) is 21.0. The smallest absolute Gasteiger partial charge is 0.337 e. The minimum atomic E-state index is -0.509. The average molecular weight is 485 g/mol. The van der Waals surface area contributed by atoms with Gasteiger partial charge in [-0.05, 0) is 62.1 Å². The minimum Gasteiger partial charge on any atom is -0.489 e. The number of hydrogen-bond acceptors (Lipinski definition) is 5. The molecule has 1 N–H and O–H groups in total. The third-order valence-electron chi connectivity index (χ3n) is 7.13. The molecule has 1 amide bonds. The van der Waals surface area contributed by atoms with Gasteiger partial charge in [0, 0.05) is 18.1 Å². The van der Waals surface area contributed by atoms with E-state index >= 15 is 0 Å². The van der Waals surface area contributed by atoms with E-state index in [2.05, 4.69) is 10.2 Å². The first-order valence-corrected chi connectivity index (χ1v) is 12.5. The van der Waals surface area contributed by atoms with Gasteiger partial charge in [0.15, 0.2) is 0 Å². The van der Waals surface area contributed by atoms with Crippen LogP contribution in [0.3, 0.4) is 0 Å². The van der Waals surface area contributed by atoms with E-state index in [4.69, 9.17) is 21.1 Å². The largest absolute Gasteiger partial charge is 0.489 e. The van der Waals surface area contributed by atoms with Gasteiger partial charge in [0.2, 0.25) is 5.91 Å². The van der Waals surface area contributed by atoms with Crippen molar-refractivity contribution in [2.45, 2.75) is 63.1 Å². The van der Waals surface area contributed by atoms with E-state index in [1.807, 2.05) is 43.3 Å². The molecular formula is C27H33ClN2O4. The summed E-state index contributed by atoms with van der Waals surface area (Å²) in [4.78, 5) is 27.8. The monoisotopic (exact) mass is 484 g/mol. The molecule has 0 aromatic heterocycles. The Morgan fingerprint density at radius 2 is 1.85 bits per heavy atom. The molecule has 7 heteroatoms. The molecule has 0 unspecified atom stereocenters. The molecule has 2 fully saturated rings. The van der Waals surface area contributed by atoms with Gasteiger partial charge in [-0.15, -0.1) is 0 Å². The number of nitrogens with one attached hydrogen (secondary N) is 1. The van der Waals surface area contributed by atoms with Crippen LogP contribution in [-0.2, 0) is 9.53 Å². The van der Waals surface area contributed by atoms with Gasteiger partial charge in [-0.2, -0.15) is 0 Å². The molecule has 1 saturated heterocycles. The summed E-state index contributed by atoms with van der Waals surface area (Å²) >= 11 is 6.11. The van der Waals surface area contributed by atoms with Crippen LogP contribution < -0.4 is 10.1 Å². The fraction of sp³-hybridized carbons (Fsp3) is 0.481. The van der Waals surface area contributed by atoms with Crippen molar-refractivity contribution in [1.82, 2.24) is 10.2 Å². The predicted molar refractivity (Wildman–Crippen MR) is 132 cm³/mol. The van der Waals surface area contributed by atoms with Crippen molar-refractivity contribution in [3.63, 3.8) is 0 Å². The van der Waals surface area contributed by atoms with Crippen LogP contribution in [0.25, 0.3) is 0 Å². The summed E-state index contributed by atoms with van der Waals surface area (Å²) in [6.45, 7) is 3.54. The molecule has 2 aromatic carbocycles. The number of carbonyl (C=O) groups is 2. The number of benzene rings is 2. The molecule has 6 nitrogen and oxygen atoms in total. The molecule has 1 aliphatic heterocycles. The Bertz CT molecular complexity index is 1000. The third-order valence-corrected chi connectivity index (χ3v) is 7.37. The molecular weight excluding hydrogens is 452 g/mol. The summed E-state index contributed by atoms with van der Waals surface area (Å²) in [6, 6.07) is 14.5. The highest BCUT2D eigenvalue weighted by Gasteiger charge is 2.47. The van der Waals surface area contributed by atoms with Gasteiger partial charge in [-0.25, -0.2) is 4.79 Å². The molecule has 1 saturated carbocycles. The van der Waals surface area contributed by atoms with Crippen LogP contribution in [0.15, 0.2) is 48.5 Å². The van der Waals surface area contributed by atoms with Crippen LogP contribution in [0.5, 0.6) is 5.75 Å². The maximum Gasteiger partial charge on any atom is 0.337 e. The number of halogens is 1. The maximum absolute atomic E-state index is 13.7. The summed E-state index contributed by atoms with van der Waals surface area (Å²) in [5.74, 6) is 0.485. The molecule has 1 heterocycles. The van der Waals surface area contributed by atoms with Crippen molar-refractivity contribution >= 4 is 23.5 Å². The van der Waals surface area contributed by atoms with E-state index in [1.54, 1.807) is 12.1 Å². The van der Waals surface area contributed by atoms with Gasteiger partial charge < -0.3 is 14.8 Å². The number of esters is 1. The summed E-state index contributed by atoms with van der Waals surface area (Å²) in [5.41, 5.74) is 0.942. The summed E-state index contributed by atoms with van der Waals surface area (Å²) in [6.07, 6.45) is 5.89. The van der Waals surface area contributed by atoms with Gasteiger partial charge in [-0.1, -0.05) is 49.1 Å². The zero-order valence-electron chi connectivity index (χ0n) is 19.9. The van der Waals surface area contributed by atoms with Crippen molar-refractivity contribution in [3.8, 4) is 5.75 Å². The standard InChI is InChI=1S/C27H33ClN2O4/c1-19(20-9-11-21(12-10-20)25(31)33-2)29-26(32)27(14-4-3-5-15-27)30-16-13-24(18-30)34-23-8-6-7-22(28)17-23/h6-12,17,19,24H,3-5,13-16,18H2,1-2H3,(H,29,32)/t19-,24+/m0/s1. The van der Waals surface area contributed by atoms with Gasteiger partial charge in [0.1, 0.15) is 17.4 Å². The predicted octanol–water partition coefficient (Wildman–Crippen LogP) is 5.16. The van der Waals surface area contributed by atoms with E-state index < -0.39 is 5.54 Å². The van der Waals surface area contributed by atoms with E-state index in [1.165, 1.54) is 7.11 Å². The first-order valence-electron chi connectivity index (χ1n) is 12.1. The molecule has 34 heavy (non-hydrogen) atoms. The molecule has 0 radical (unpaired) electrons. The summed E-state index contributed by atoms with van der Waals surface area (Å²) < 4.78 is 11.0. The topological polar surface area (TPSA) is 67.9 Å². The highest BCUT2D eigenvalue weighted by atomic mass is 35.5. The minimum absolute atomic E-state index is 0.0355. The highest BCUT2D eigenvalue weighted by Crippen LogP contribution is 2.37. The van der Waals surface area contributed by atoms with E-state index in [0.29, 0.717) is 10.6 Å². The molecule has 0 spiro atoms. The number of hydrogen-bond donors (Lipinski definition) is 1. The first kappa shape index (κ1) is 24.6. The van der Waals surface area contributed by atoms with Gasteiger partial charge in [0.25, 0.3) is 0 Å². The van der Waals surface area contributed by atoms with E-state index in [-0.39, 0.29) is 24.0 Å². The van der Waals surface area contributed by atoms with Crippen molar-refractivity contribution in [3.05, 3.63) is 64.7 Å². The van der Waals surface area contributed by atoms with Crippen molar-refractivity contribution < 1.29 is 19.1 Å². The van der Waals surface area contributed by atoms with Crippen LogP contribution >= 0.6 is 11.6 Å². The lowest BCUT2D eigenvalue weighted by molar-refractivity contribution is -0.136. The number of ether oxygens (including phenoxy) is 2. The zero-order chi connectivity index (χ0) is 24.1. The molecule has 2 aliphatic rings. The van der Waals surface area contributed by atoms with Crippen LogP contribution in [0.1, 0.15) is 67.4 Å². The number of likely N-dealkylation sites (tertiary alicyclic amines) is 1. The number of carbonyl (C=O) groups excluding carboxylic acids is 2. The number of methoxy groups -OCH3 is 1. The second-order valence-electron chi connectivity index (χ2n) is 9.33. The average Bonchev–Trinajstić information content (AvgIpc) is 3.33. The second-order valence-corrected chi connectivity index (χ2v) is 9.77. The van der Waals surface area contributed by atoms with Crippen LogP contribution in [0, 0.1) is 0 Å². The van der Waals surface area contributed by atoms with Gasteiger partial charge in [0.05, 0.1) is 18.7 Å². The molecule has 0 bridgehead atoms. The molecule has 4 rings (SSSR count). The molecule has 1 aliphatic carbocycles. The van der Waals surface area contributed by atoms with Crippen LogP contribution in [-0.4, -0.2) is 48.6 Å². The Kier molecular flexibility index (Phi) is 7.79. The lowest BCUT2D eigenvalue weighted by Crippen LogP contribution is -2.59. The quantitative estimate of drug-likeness (QED) is 0.550. The van der Waals surface area contributed by atoms with Crippen molar-refractivity contribution in [1.29, 1.82) is 0 Å². The zero-order valence-corrected chi connectivity index (χ0v) is 20.6. The van der Waals surface area contributed by atoms with Gasteiger partial charge >= 0.3 is 5.97 Å². The van der Waals surface area contributed by atoms with Crippen molar-refractivity contribution in [2.75, 3.05) is 20.2 Å². The lowest BCUT2D eigenvalue weighted by atomic mass is 9.79. The summed E-state index contributed by atoms with van der Waals surface area (Å²) in [5, 5.41) is 3.92. The first-order chi connectivity index (χ1) is 16.4. The van der Waals surface area contributed by atoms with E-state index in [9.17, 15) is 9.59 Å². The molecule has 2 atom stereocenters. The molecule has 2 aromatic rings. The van der Waals surface area contributed by atoms with Crippen molar-refractivity contribution in [2.24, 2.45) is 0 Å². The fourth-order valence-electron chi connectivity index (χ4n) is 5.21. The Labute approximate surface area is 206 Å².